The summed E-state index contributed by atoms with van der Waals surface area (Å²) < 4.78 is 37.4. The van der Waals surface area contributed by atoms with Gasteiger partial charge in [-0.2, -0.15) is 0 Å². The van der Waals surface area contributed by atoms with E-state index < -0.39 is 15.7 Å². The second kappa shape index (κ2) is 5.19. The van der Waals surface area contributed by atoms with E-state index in [2.05, 4.69) is 0 Å². The Hall–Kier alpha value is -1.59. The number of hydrogen-bond acceptors (Lipinski definition) is 3. The van der Waals surface area contributed by atoms with Crippen molar-refractivity contribution in [1.82, 2.24) is 0 Å². The number of anilines is 1. The molecule has 0 aliphatic carbocycles. The Labute approximate surface area is 115 Å². The quantitative estimate of drug-likeness (QED) is 0.886. The largest absolute Gasteiger partial charge is 0.399 e. The topological polar surface area (TPSA) is 60.2 Å². The molecule has 0 amide bonds. The van der Waals surface area contributed by atoms with E-state index in [1.165, 1.54) is 36.4 Å². The van der Waals surface area contributed by atoms with E-state index in [0.717, 1.165) is 6.07 Å². The van der Waals surface area contributed by atoms with Crippen LogP contribution in [0.3, 0.4) is 0 Å². The second-order valence-electron chi connectivity index (χ2n) is 4.06. The van der Waals surface area contributed by atoms with Gasteiger partial charge < -0.3 is 5.73 Å². The van der Waals surface area contributed by atoms with Gasteiger partial charge in [-0.15, -0.1) is 0 Å². The molecule has 0 fully saturated rings. The summed E-state index contributed by atoms with van der Waals surface area (Å²) in [5, 5.41) is 0.223. The smallest absolute Gasteiger partial charge is 0.182 e. The van der Waals surface area contributed by atoms with Gasteiger partial charge in [0.15, 0.2) is 9.84 Å². The van der Waals surface area contributed by atoms with Gasteiger partial charge in [-0.3, -0.25) is 0 Å². The number of nitrogen functional groups attached to an aromatic ring is 1. The van der Waals surface area contributed by atoms with E-state index in [-0.39, 0.29) is 21.2 Å². The van der Waals surface area contributed by atoms with Crippen LogP contribution >= 0.6 is 11.6 Å². The maximum atomic E-state index is 13.1. The molecule has 0 radical (unpaired) electrons. The van der Waals surface area contributed by atoms with E-state index in [4.69, 9.17) is 17.3 Å². The monoisotopic (exact) mass is 299 g/mol. The van der Waals surface area contributed by atoms with Crippen LogP contribution in [0.25, 0.3) is 0 Å². The number of sulfone groups is 1. The minimum atomic E-state index is -3.58. The van der Waals surface area contributed by atoms with Crippen LogP contribution in [0.4, 0.5) is 10.1 Å². The normalized spacial score (nSPS) is 11.5. The lowest BCUT2D eigenvalue weighted by atomic mass is 10.2. The van der Waals surface area contributed by atoms with E-state index in [0.29, 0.717) is 5.69 Å². The highest BCUT2D eigenvalue weighted by Crippen LogP contribution is 2.23. The highest BCUT2D eigenvalue weighted by Gasteiger charge is 2.17. The van der Waals surface area contributed by atoms with Crippen LogP contribution in [0.5, 0.6) is 0 Å². The molecule has 6 heteroatoms. The third-order valence-corrected chi connectivity index (χ3v) is 4.64. The van der Waals surface area contributed by atoms with Crippen molar-refractivity contribution in [3.63, 3.8) is 0 Å². The molecule has 0 unspecified atom stereocenters. The zero-order valence-electron chi connectivity index (χ0n) is 9.81. The average molecular weight is 300 g/mol. The summed E-state index contributed by atoms with van der Waals surface area (Å²) >= 11 is 5.86. The van der Waals surface area contributed by atoms with Crippen molar-refractivity contribution in [3.8, 4) is 0 Å². The molecule has 0 aliphatic rings. The number of nitrogens with two attached hydrogens (primary N) is 1. The molecule has 2 aromatic carbocycles. The Morgan fingerprint density at radius 1 is 1.11 bits per heavy atom. The fraction of sp³-hybridized carbons (Fsp3) is 0.0769. The van der Waals surface area contributed by atoms with Gasteiger partial charge in [-0.05, 0) is 48.0 Å². The van der Waals surface area contributed by atoms with E-state index in [1.54, 1.807) is 0 Å². The third-order valence-electron chi connectivity index (χ3n) is 2.59. The summed E-state index contributed by atoms with van der Waals surface area (Å²) in [7, 11) is -3.58. The second-order valence-corrected chi connectivity index (χ2v) is 6.46. The van der Waals surface area contributed by atoms with Crippen LogP contribution in [0.1, 0.15) is 5.56 Å². The first-order valence-electron chi connectivity index (χ1n) is 5.41. The molecular weight excluding hydrogens is 289 g/mol. The maximum Gasteiger partial charge on any atom is 0.182 e. The summed E-state index contributed by atoms with van der Waals surface area (Å²) in [6.07, 6.45) is 0. The minimum absolute atomic E-state index is 0.127. The summed E-state index contributed by atoms with van der Waals surface area (Å²) in [6.45, 7) is 0. The summed E-state index contributed by atoms with van der Waals surface area (Å²) in [6, 6.07) is 9.47. The highest BCUT2D eigenvalue weighted by atomic mass is 35.5. The van der Waals surface area contributed by atoms with Gasteiger partial charge in [0.25, 0.3) is 0 Å². The van der Waals surface area contributed by atoms with Crippen LogP contribution in [0.15, 0.2) is 47.4 Å². The molecule has 0 aromatic heterocycles. The van der Waals surface area contributed by atoms with Crippen molar-refractivity contribution < 1.29 is 12.8 Å². The van der Waals surface area contributed by atoms with Gasteiger partial charge in [0.2, 0.25) is 0 Å². The lowest BCUT2D eigenvalue weighted by molar-refractivity contribution is 0.594. The molecule has 0 atom stereocenters. The SMILES string of the molecule is Nc1ccc(S(=O)(=O)Cc2cc(F)ccc2Cl)cc1. The molecular formula is C13H11ClFNO2S. The van der Waals surface area contributed by atoms with Gasteiger partial charge in [0, 0.05) is 10.7 Å². The van der Waals surface area contributed by atoms with Crippen LogP contribution < -0.4 is 5.73 Å². The van der Waals surface area contributed by atoms with Crippen LogP contribution in [0.2, 0.25) is 5.02 Å². The van der Waals surface area contributed by atoms with E-state index in [9.17, 15) is 12.8 Å². The van der Waals surface area contributed by atoms with Gasteiger partial charge in [0.1, 0.15) is 5.82 Å². The first-order valence-corrected chi connectivity index (χ1v) is 7.44. The molecule has 2 N–H and O–H groups in total. The van der Waals surface area contributed by atoms with E-state index in [1.807, 2.05) is 0 Å². The molecule has 0 aliphatic heterocycles. The Morgan fingerprint density at radius 3 is 2.37 bits per heavy atom. The molecule has 0 heterocycles. The third kappa shape index (κ3) is 3.24. The number of halogens is 2. The van der Waals surface area contributed by atoms with Gasteiger partial charge in [-0.25, -0.2) is 12.8 Å². The van der Waals surface area contributed by atoms with E-state index >= 15 is 0 Å². The molecule has 3 nitrogen and oxygen atoms in total. The van der Waals surface area contributed by atoms with Gasteiger partial charge >= 0.3 is 0 Å². The predicted octanol–water partition coefficient (Wildman–Crippen LogP) is 3.04. The zero-order chi connectivity index (χ0) is 14.0. The molecule has 0 bridgehead atoms. The van der Waals surface area contributed by atoms with Crippen molar-refractivity contribution >= 4 is 27.1 Å². The molecule has 0 spiro atoms. The Bertz CT molecular complexity index is 699. The summed E-state index contributed by atoms with van der Waals surface area (Å²) in [4.78, 5) is 0.127. The van der Waals surface area contributed by atoms with Gasteiger partial charge in [-0.1, -0.05) is 11.6 Å². The average Bonchev–Trinajstić information content (AvgIpc) is 2.34. The fourth-order valence-corrected chi connectivity index (χ4v) is 3.25. The van der Waals surface area contributed by atoms with Crippen molar-refractivity contribution in [1.29, 1.82) is 0 Å². The molecule has 19 heavy (non-hydrogen) atoms. The fourth-order valence-electron chi connectivity index (χ4n) is 1.62. The van der Waals surface area contributed by atoms with Crippen LogP contribution in [-0.2, 0) is 15.6 Å². The standard InChI is InChI=1S/C13H11ClFNO2S/c14-13-6-1-10(15)7-9(13)8-19(17,18)12-4-2-11(16)3-5-12/h1-7H,8,16H2. The Balaban J connectivity index is 2.36. The summed E-state index contributed by atoms with van der Waals surface area (Å²) in [5.74, 6) is -0.875. The van der Waals surface area contributed by atoms with Crippen molar-refractivity contribution in [2.75, 3.05) is 5.73 Å². The van der Waals surface area contributed by atoms with Crippen LogP contribution in [0, 0.1) is 5.82 Å². The highest BCUT2D eigenvalue weighted by molar-refractivity contribution is 7.90. The molecule has 0 saturated heterocycles. The zero-order valence-corrected chi connectivity index (χ0v) is 11.4. The summed E-state index contributed by atoms with van der Waals surface area (Å²) in [5.41, 5.74) is 6.21. The molecule has 2 rings (SSSR count). The number of hydrogen-bond donors (Lipinski definition) is 1. The van der Waals surface area contributed by atoms with Gasteiger partial charge in [0.05, 0.1) is 10.6 Å². The lowest BCUT2D eigenvalue weighted by Gasteiger charge is -2.07. The van der Waals surface area contributed by atoms with Crippen molar-refractivity contribution in [3.05, 3.63) is 58.9 Å². The first-order chi connectivity index (χ1) is 8.88. The van der Waals surface area contributed by atoms with Crippen molar-refractivity contribution in [2.45, 2.75) is 10.6 Å². The number of rotatable bonds is 3. The van der Waals surface area contributed by atoms with Crippen molar-refractivity contribution in [2.24, 2.45) is 0 Å². The minimum Gasteiger partial charge on any atom is -0.399 e. The van der Waals surface area contributed by atoms with Crippen LogP contribution in [-0.4, -0.2) is 8.42 Å². The maximum absolute atomic E-state index is 13.1. The Morgan fingerprint density at radius 2 is 1.74 bits per heavy atom. The Kier molecular flexibility index (Phi) is 3.78. The molecule has 0 saturated carbocycles. The first kappa shape index (κ1) is 13.8. The lowest BCUT2D eigenvalue weighted by Crippen LogP contribution is -2.06. The predicted molar refractivity (Wildman–Crippen MR) is 73.2 cm³/mol. The molecule has 100 valence electrons. The molecule has 2 aromatic rings. The number of benzene rings is 2.